The number of carbonyl (C=O) groups excluding carboxylic acids is 1. The van der Waals surface area contributed by atoms with Crippen molar-refractivity contribution in [3.05, 3.63) is 0 Å². The van der Waals surface area contributed by atoms with E-state index in [2.05, 4.69) is 0 Å². The van der Waals surface area contributed by atoms with E-state index in [0.29, 0.717) is 13.0 Å². The van der Waals surface area contributed by atoms with Crippen LogP contribution in [0.4, 0.5) is 0 Å². The zero-order valence-corrected chi connectivity index (χ0v) is 10.3. The Morgan fingerprint density at radius 1 is 1.50 bits per heavy atom. The summed E-state index contributed by atoms with van der Waals surface area (Å²) in [5.41, 5.74) is 5.65. The van der Waals surface area contributed by atoms with Crippen LogP contribution in [-0.2, 0) is 9.53 Å². The van der Waals surface area contributed by atoms with Crippen LogP contribution in [0.5, 0.6) is 0 Å². The van der Waals surface area contributed by atoms with Crippen LogP contribution < -0.4 is 5.73 Å². The number of hydrogen-bond acceptors (Lipinski definition) is 4. The van der Waals surface area contributed by atoms with Crippen molar-refractivity contribution in [1.29, 1.82) is 0 Å². The number of esters is 1. The Hall–Kier alpha value is -0.220. The van der Waals surface area contributed by atoms with Gasteiger partial charge < -0.3 is 10.5 Å². The van der Waals surface area contributed by atoms with Crippen LogP contribution >= 0.6 is 11.8 Å². The van der Waals surface area contributed by atoms with E-state index < -0.39 is 6.04 Å². The zero-order valence-electron chi connectivity index (χ0n) is 9.50. The lowest BCUT2D eigenvalue weighted by Crippen LogP contribution is -2.34. The van der Waals surface area contributed by atoms with Gasteiger partial charge in [-0.25, -0.2) is 0 Å². The third-order valence-electron chi connectivity index (χ3n) is 1.58. The Morgan fingerprint density at radius 2 is 2.07 bits per heavy atom. The van der Waals surface area contributed by atoms with Crippen molar-refractivity contribution in [3.63, 3.8) is 0 Å². The van der Waals surface area contributed by atoms with Gasteiger partial charge in [0.1, 0.15) is 6.04 Å². The Balaban J connectivity index is 3.73. The molecule has 0 radical (unpaired) electrons. The normalized spacial score (nSPS) is 13.8. The molecule has 84 valence electrons. The van der Waals surface area contributed by atoms with E-state index in [1.807, 2.05) is 27.0 Å². The third kappa shape index (κ3) is 7.21. The first-order valence-corrected chi connectivity index (χ1v) is 6.17. The molecule has 0 aliphatic rings. The van der Waals surface area contributed by atoms with Gasteiger partial charge in [0.2, 0.25) is 0 Å². The number of carbonyl (C=O) groups is 1. The molecule has 0 spiro atoms. The lowest BCUT2D eigenvalue weighted by Gasteiger charge is -2.19. The van der Waals surface area contributed by atoms with Gasteiger partial charge >= 0.3 is 5.97 Å². The topological polar surface area (TPSA) is 52.3 Å². The van der Waals surface area contributed by atoms with E-state index in [1.165, 1.54) is 0 Å². The molecule has 0 amide bonds. The second kappa shape index (κ2) is 6.30. The van der Waals surface area contributed by atoms with Crippen LogP contribution in [0.2, 0.25) is 0 Å². The van der Waals surface area contributed by atoms with Gasteiger partial charge in [-0.1, -0.05) is 20.8 Å². The highest BCUT2D eigenvalue weighted by Gasteiger charge is 2.18. The van der Waals surface area contributed by atoms with Crippen molar-refractivity contribution in [3.8, 4) is 0 Å². The summed E-state index contributed by atoms with van der Waals surface area (Å²) in [5.74, 6) is 0.611. The first kappa shape index (κ1) is 13.8. The second-order valence-corrected chi connectivity index (χ2v) is 5.54. The molecule has 0 aromatic carbocycles. The van der Waals surface area contributed by atoms with Crippen LogP contribution in [0.25, 0.3) is 0 Å². The molecule has 0 unspecified atom stereocenters. The van der Waals surface area contributed by atoms with E-state index in [4.69, 9.17) is 10.5 Å². The fraction of sp³-hybridized carbons (Fsp3) is 0.900. The largest absolute Gasteiger partial charge is 0.464 e. The SMILES string of the molecule is CSCC[C@H](N)C(=O)OCC(C)(C)C. The molecule has 0 aliphatic carbocycles. The lowest BCUT2D eigenvalue weighted by atomic mass is 9.99. The summed E-state index contributed by atoms with van der Waals surface area (Å²) in [6.07, 6.45) is 2.68. The van der Waals surface area contributed by atoms with Gasteiger partial charge in [0.25, 0.3) is 0 Å². The van der Waals surface area contributed by atoms with Crippen LogP contribution in [0.1, 0.15) is 27.2 Å². The Bertz CT molecular complexity index is 177. The molecule has 0 heterocycles. The maximum atomic E-state index is 11.3. The molecule has 0 rings (SSSR count). The Kier molecular flexibility index (Phi) is 6.20. The van der Waals surface area contributed by atoms with Crippen LogP contribution in [0.15, 0.2) is 0 Å². The molecule has 14 heavy (non-hydrogen) atoms. The summed E-state index contributed by atoms with van der Waals surface area (Å²) in [6, 6.07) is -0.468. The molecule has 0 aromatic heterocycles. The third-order valence-corrected chi connectivity index (χ3v) is 2.23. The van der Waals surface area contributed by atoms with Crippen molar-refractivity contribution < 1.29 is 9.53 Å². The predicted octanol–water partition coefficient (Wildman–Crippen LogP) is 1.66. The van der Waals surface area contributed by atoms with E-state index in [9.17, 15) is 4.79 Å². The minimum Gasteiger partial charge on any atom is -0.464 e. The first-order valence-electron chi connectivity index (χ1n) is 4.78. The Morgan fingerprint density at radius 3 is 2.50 bits per heavy atom. The standard InChI is InChI=1S/C10H21NO2S/c1-10(2,3)7-13-9(12)8(11)5-6-14-4/h8H,5-7,11H2,1-4H3/t8-/m0/s1. The summed E-state index contributed by atoms with van der Waals surface area (Å²) >= 11 is 1.68. The minimum atomic E-state index is -0.468. The van der Waals surface area contributed by atoms with Gasteiger partial charge in [-0.3, -0.25) is 4.79 Å². The molecule has 0 saturated heterocycles. The highest BCUT2D eigenvalue weighted by Crippen LogP contribution is 2.13. The van der Waals surface area contributed by atoms with Gasteiger partial charge in [-0.2, -0.15) is 11.8 Å². The van der Waals surface area contributed by atoms with Gasteiger partial charge in [0.15, 0.2) is 0 Å². The van der Waals surface area contributed by atoms with Crippen LogP contribution in [0.3, 0.4) is 0 Å². The molecule has 0 bridgehead atoms. The van der Waals surface area contributed by atoms with Gasteiger partial charge in [-0.05, 0) is 23.8 Å². The van der Waals surface area contributed by atoms with Crippen molar-refractivity contribution in [2.24, 2.45) is 11.1 Å². The molecule has 4 heteroatoms. The van der Waals surface area contributed by atoms with E-state index in [1.54, 1.807) is 11.8 Å². The van der Waals surface area contributed by atoms with E-state index in [-0.39, 0.29) is 11.4 Å². The number of hydrogen-bond donors (Lipinski definition) is 1. The smallest absolute Gasteiger partial charge is 0.322 e. The monoisotopic (exact) mass is 219 g/mol. The van der Waals surface area contributed by atoms with Gasteiger partial charge in [-0.15, -0.1) is 0 Å². The molecular formula is C10H21NO2S. The summed E-state index contributed by atoms with van der Waals surface area (Å²) < 4.78 is 5.09. The van der Waals surface area contributed by atoms with Crippen molar-refractivity contribution in [1.82, 2.24) is 0 Å². The average molecular weight is 219 g/mol. The molecule has 2 N–H and O–H groups in total. The fourth-order valence-electron chi connectivity index (χ4n) is 0.757. The maximum Gasteiger partial charge on any atom is 0.322 e. The summed E-state index contributed by atoms with van der Waals surface area (Å²) in [5, 5.41) is 0. The molecule has 1 atom stereocenters. The molecule has 3 nitrogen and oxygen atoms in total. The van der Waals surface area contributed by atoms with Crippen molar-refractivity contribution >= 4 is 17.7 Å². The highest BCUT2D eigenvalue weighted by atomic mass is 32.2. The van der Waals surface area contributed by atoms with E-state index in [0.717, 1.165) is 5.75 Å². The quantitative estimate of drug-likeness (QED) is 0.714. The summed E-state index contributed by atoms with van der Waals surface area (Å²) in [7, 11) is 0. The highest BCUT2D eigenvalue weighted by molar-refractivity contribution is 7.98. The average Bonchev–Trinajstić information content (AvgIpc) is 2.09. The molecule has 0 saturated carbocycles. The predicted molar refractivity (Wildman–Crippen MR) is 61.4 cm³/mol. The minimum absolute atomic E-state index is 0.00882. The molecule has 0 aliphatic heterocycles. The Labute approximate surface area is 90.8 Å². The van der Waals surface area contributed by atoms with Crippen LogP contribution in [0, 0.1) is 5.41 Å². The molecule has 0 fully saturated rings. The van der Waals surface area contributed by atoms with Crippen LogP contribution in [-0.4, -0.2) is 30.6 Å². The second-order valence-electron chi connectivity index (χ2n) is 4.56. The zero-order chi connectivity index (χ0) is 11.2. The number of ether oxygens (including phenoxy) is 1. The lowest BCUT2D eigenvalue weighted by molar-refractivity contribution is -0.148. The number of thioether (sulfide) groups is 1. The van der Waals surface area contributed by atoms with Crippen molar-refractivity contribution in [2.45, 2.75) is 33.2 Å². The van der Waals surface area contributed by atoms with Gasteiger partial charge in [0.05, 0.1) is 6.61 Å². The summed E-state index contributed by atoms with van der Waals surface area (Å²) in [4.78, 5) is 11.3. The number of rotatable bonds is 5. The summed E-state index contributed by atoms with van der Waals surface area (Å²) in [6.45, 7) is 6.49. The first-order chi connectivity index (χ1) is 6.37. The fourth-order valence-corrected chi connectivity index (χ4v) is 1.25. The van der Waals surface area contributed by atoms with E-state index >= 15 is 0 Å². The molecular weight excluding hydrogens is 198 g/mol. The van der Waals surface area contributed by atoms with Gasteiger partial charge in [0, 0.05) is 0 Å². The van der Waals surface area contributed by atoms with Crippen molar-refractivity contribution in [2.75, 3.05) is 18.6 Å². The number of nitrogens with two attached hydrogens (primary N) is 1. The maximum absolute atomic E-state index is 11.3. The molecule has 0 aromatic rings.